The molecule has 0 aromatic carbocycles. The predicted octanol–water partition coefficient (Wildman–Crippen LogP) is 2.87. The first-order chi connectivity index (χ1) is 7.60. The van der Waals surface area contributed by atoms with Gasteiger partial charge in [0.2, 0.25) is 0 Å². The van der Waals surface area contributed by atoms with Crippen LogP contribution in [0.3, 0.4) is 0 Å². The molecule has 0 aliphatic rings. The van der Waals surface area contributed by atoms with Gasteiger partial charge in [-0.15, -0.1) is 11.3 Å². The van der Waals surface area contributed by atoms with Gasteiger partial charge in [-0.3, -0.25) is 0 Å². The lowest BCUT2D eigenvalue weighted by molar-refractivity contribution is 1.10. The minimum Gasteiger partial charge on any atom is -0.308 e. The molecule has 2 rings (SSSR count). The third-order valence-electron chi connectivity index (χ3n) is 2.08. The zero-order chi connectivity index (χ0) is 11.7. The maximum atomic E-state index is 5.35. The molecule has 0 saturated carbocycles. The van der Waals surface area contributed by atoms with Crippen LogP contribution in [0, 0.1) is 13.8 Å². The van der Waals surface area contributed by atoms with Crippen LogP contribution in [0.2, 0.25) is 0 Å². The minimum absolute atomic E-state index is 0.629. The summed E-state index contributed by atoms with van der Waals surface area (Å²) in [7, 11) is 0. The number of aromatic nitrogens is 2. The maximum Gasteiger partial charge on any atom is 0.171 e. The SMILES string of the molecule is Cc1cc(NN)nc(-c2cc(Br)c(C)s2)n1. The van der Waals surface area contributed by atoms with Gasteiger partial charge in [0.1, 0.15) is 5.82 Å². The fourth-order valence-corrected chi connectivity index (χ4v) is 2.79. The van der Waals surface area contributed by atoms with Crippen molar-refractivity contribution in [2.75, 3.05) is 5.43 Å². The van der Waals surface area contributed by atoms with Crippen LogP contribution in [0.4, 0.5) is 5.82 Å². The molecule has 3 N–H and O–H groups in total. The van der Waals surface area contributed by atoms with Gasteiger partial charge in [-0.25, -0.2) is 15.8 Å². The molecular formula is C10H11BrN4S. The second-order valence-corrected chi connectivity index (χ2v) is 5.49. The second-order valence-electron chi connectivity index (χ2n) is 3.38. The van der Waals surface area contributed by atoms with E-state index in [2.05, 4.69) is 38.2 Å². The number of hydrazine groups is 1. The summed E-state index contributed by atoms with van der Waals surface area (Å²) in [5.74, 6) is 6.68. The highest BCUT2D eigenvalue weighted by molar-refractivity contribution is 9.10. The van der Waals surface area contributed by atoms with E-state index in [1.165, 1.54) is 4.88 Å². The fourth-order valence-electron chi connectivity index (χ4n) is 1.32. The quantitative estimate of drug-likeness (QED) is 0.661. The molecule has 16 heavy (non-hydrogen) atoms. The first kappa shape index (κ1) is 11.5. The lowest BCUT2D eigenvalue weighted by Gasteiger charge is -2.03. The Morgan fingerprint density at radius 2 is 2.06 bits per heavy atom. The smallest absolute Gasteiger partial charge is 0.171 e. The number of hydrogen-bond acceptors (Lipinski definition) is 5. The molecule has 0 amide bonds. The molecule has 0 radical (unpaired) electrons. The summed E-state index contributed by atoms with van der Waals surface area (Å²) < 4.78 is 1.08. The van der Waals surface area contributed by atoms with Crippen LogP contribution < -0.4 is 11.3 Å². The summed E-state index contributed by atoms with van der Waals surface area (Å²) in [6.45, 7) is 3.97. The van der Waals surface area contributed by atoms with E-state index in [1.54, 1.807) is 17.4 Å². The van der Waals surface area contributed by atoms with Crippen molar-refractivity contribution in [2.24, 2.45) is 5.84 Å². The minimum atomic E-state index is 0.629. The summed E-state index contributed by atoms with van der Waals surface area (Å²) in [4.78, 5) is 11.0. The van der Waals surface area contributed by atoms with E-state index in [9.17, 15) is 0 Å². The molecular weight excluding hydrogens is 288 g/mol. The molecule has 0 aliphatic carbocycles. The van der Waals surface area contributed by atoms with Crippen LogP contribution in [0.15, 0.2) is 16.6 Å². The lowest BCUT2D eigenvalue weighted by Crippen LogP contribution is -2.09. The van der Waals surface area contributed by atoms with E-state index in [1.807, 2.05) is 13.0 Å². The molecule has 2 aromatic rings. The standard InChI is InChI=1S/C10H11BrN4S/c1-5-3-9(15-12)14-10(13-5)8-4-7(11)6(2)16-8/h3-4H,12H2,1-2H3,(H,13,14,15). The Kier molecular flexibility index (Phi) is 3.22. The number of rotatable bonds is 2. The molecule has 4 nitrogen and oxygen atoms in total. The Bertz CT molecular complexity index is 504. The van der Waals surface area contributed by atoms with Crippen molar-refractivity contribution in [3.05, 3.63) is 27.2 Å². The molecule has 0 bridgehead atoms. The van der Waals surface area contributed by atoms with Gasteiger partial charge in [0, 0.05) is 21.1 Å². The number of halogens is 1. The van der Waals surface area contributed by atoms with Crippen molar-refractivity contribution in [3.63, 3.8) is 0 Å². The Balaban J connectivity index is 2.50. The third-order valence-corrected chi connectivity index (χ3v) is 4.21. The molecule has 0 atom stereocenters. The monoisotopic (exact) mass is 298 g/mol. The molecule has 2 aromatic heterocycles. The largest absolute Gasteiger partial charge is 0.308 e. The first-order valence-electron chi connectivity index (χ1n) is 4.69. The summed E-state index contributed by atoms with van der Waals surface area (Å²) in [5, 5.41) is 0. The molecule has 0 unspecified atom stereocenters. The Morgan fingerprint density at radius 3 is 2.62 bits per heavy atom. The second kappa shape index (κ2) is 4.48. The van der Waals surface area contributed by atoms with Crippen LogP contribution in [0.5, 0.6) is 0 Å². The van der Waals surface area contributed by atoms with Crippen molar-refractivity contribution in [3.8, 4) is 10.7 Å². The van der Waals surface area contributed by atoms with Crippen LogP contribution in [-0.4, -0.2) is 9.97 Å². The summed E-state index contributed by atoms with van der Waals surface area (Å²) in [6, 6.07) is 3.83. The van der Waals surface area contributed by atoms with Gasteiger partial charge >= 0.3 is 0 Å². The Labute approximate surface area is 106 Å². The fraction of sp³-hybridized carbons (Fsp3) is 0.200. The average Bonchev–Trinajstić information content (AvgIpc) is 2.58. The highest BCUT2D eigenvalue weighted by atomic mass is 79.9. The van der Waals surface area contributed by atoms with Crippen molar-refractivity contribution in [2.45, 2.75) is 13.8 Å². The molecule has 84 valence electrons. The zero-order valence-corrected chi connectivity index (χ0v) is 11.3. The van der Waals surface area contributed by atoms with Gasteiger partial charge in [0.15, 0.2) is 5.82 Å². The van der Waals surface area contributed by atoms with Gasteiger partial charge in [-0.1, -0.05) is 0 Å². The number of thiophene rings is 1. The summed E-state index contributed by atoms with van der Waals surface area (Å²) >= 11 is 5.14. The number of nitrogens with one attached hydrogen (secondary N) is 1. The first-order valence-corrected chi connectivity index (χ1v) is 6.29. The van der Waals surface area contributed by atoms with Crippen molar-refractivity contribution in [1.82, 2.24) is 9.97 Å². The number of nitrogens with two attached hydrogens (primary N) is 1. The van der Waals surface area contributed by atoms with E-state index < -0.39 is 0 Å². The van der Waals surface area contributed by atoms with E-state index in [0.29, 0.717) is 11.6 Å². The van der Waals surface area contributed by atoms with Gasteiger partial charge in [0.25, 0.3) is 0 Å². The molecule has 0 saturated heterocycles. The molecule has 0 fully saturated rings. The number of nitrogens with zero attached hydrogens (tertiary/aromatic N) is 2. The lowest BCUT2D eigenvalue weighted by atomic mass is 10.3. The topological polar surface area (TPSA) is 63.8 Å². The number of hydrogen-bond donors (Lipinski definition) is 2. The van der Waals surface area contributed by atoms with Crippen LogP contribution in [0.25, 0.3) is 10.7 Å². The van der Waals surface area contributed by atoms with E-state index in [4.69, 9.17) is 5.84 Å². The average molecular weight is 299 g/mol. The Hall–Kier alpha value is -0.980. The van der Waals surface area contributed by atoms with Crippen LogP contribution >= 0.6 is 27.3 Å². The van der Waals surface area contributed by atoms with Gasteiger partial charge < -0.3 is 5.43 Å². The molecule has 0 aliphatic heterocycles. The molecule has 0 spiro atoms. The third kappa shape index (κ3) is 2.23. The highest BCUT2D eigenvalue weighted by Gasteiger charge is 2.09. The van der Waals surface area contributed by atoms with Crippen molar-refractivity contribution >= 4 is 33.1 Å². The number of anilines is 1. The molecule has 6 heteroatoms. The van der Waals surface area contributed by atoms with E-state index >= 15 is 0 Å². The van der Waals surface area contributed by atoms with Crippen molar-refractivity contribution in [1.29, 1.82) is 0 Å². The summed E-state index contributed by atoms with van der Waals surface area (Å²) in [5.41, 5.74) is 3.43. The van der Waals surface area contributed by atoms with E-state index in [-0.39, 0.29) is 0 Å². The maximum absolute atomic E-state index is 5.35. The van der Waals surface area contributed by atoms with Gasteiger partial charge in [-0.05, 0) is 35.8 Å². The zero-order valence-electron chi connectivity index (χ0n) is 8.91. The predicted molar refractivity (Wildman–Crippen MR) is 70.3 cm³/mol. The van der Waals surface area contributed by atoms with Crippen LogP contribution in [0.1, 0.15) is 10.6 Å². The van der Waals surface area contributed by atoms with Gasteiger partial charge in [0.05, 0.1) is 4.88 Å². The Morgan fingerprint density at radius 1 is 1.31 bits per heavy atom. The van der Waals surface area contributed by atoms with Gasteiger partial charge in [-0.2, -0.15) is 0 Å². The van der Waals surface area contributed by atoms with E-state index in [0.717, 1.165) is 15.0 Å². The summed E-state index contributed by atoms with van der Waals surface area (Å²) in [6.07, 6.45) is 0. The highest BCUT2D eigenvalue weighted by Crippen LogP contribution is 2.32. The van der Waals surface area contributed by atoms with Crippen LogP contribution in [-0.2, 0) is 0 Å². The van der Waals surface area contributed by atoms with Crippen molar-refractivity contribution < 1.29 is 0 Å². The molecule has 2 heterocycles. The normalized spacial score (nSPS) is 10.5. The number of aryl methyl sites for hydroxylation is 2. The number of nitrogen functional groups attached to an aromatic ring is 1.